The van der Waals surface area contributed by atoms with Crippen molar-refractivity contribution in [3.05, 3.63) is 23.8 Å². The molecule has 0 aromatic carbocycles. The van der Waals surface area contributed by atoms with Gasteiger partial charge in [-0.15, -0.1) is 0 Å². The summed E-state index contributed by atoms with van der Waals surface area (Å²) in [5.74, 6) is 0.979. The van der Waals surface area contributed by atoms with Gasteiger partial charge in [-0.25, -0.2) is 0 Å². The topological polar surface area (TPSA) is 17.1 Å². The number of allylic oxidation sites excluding steroid dienone is 3. The first-order valence-electron chi connectivity index (χ1n) is 4.46. The number of rotatable bonds is 1. The Morgan fingerprint density at radius 1 is 1.58 bits per heavy atom. The van der Waals surface area contributed by atoms with Crippen LogP contribution in [0.4, 0.5) is 0 Å². The Morgan fingerprint density at radius 3 is 2.67 bits per heavy atom. The molecule has 0 saturated carbocycles. The fraction of sp³-hybridized carbons (Fsp3) is 0.545. The zero-order valence-electron chi connectivity index (χ0n) is 8.05. The van der Waals surface area contributed by atoms with Crippen molar-refractivity contribution in [1.29, 1.82) is 0 Å². The Kier molecular flexibility index (Phi) is 2.51. The number of hydrogen-bond acceptors (Lipinski definition) is 1. The van der Waals surface area contributed by atoms with Gasteiger partial charge in [-0.2, -0.15) is 0 Å². The van der Waals surface area contributed by atoms with Gasteiger partial charge in [-0.05, 0) is 29.4 Å². The Balaban J connectivity index is 2.96. The fourth-order valence-electron chi connectivity index (χ4n) is 1.58. The van der Waals surface area contributed by atoms with Crippen molar-refractivity contribution in [2.75, 3.05) is 0 Å². The summed E-state index contributed by atoms with van der Waals surface area (Å²) in [5.41, 5.74) is 1.72. The molecule has 1 rings (SSSR count). The van der Waals surface area contributed by atoms with Crippen molar-refractivity contribution in [3.63, 3.8) is 0 Å². The predicted octanol–water partition coefficient (Wildman–Crippen LogP) is 2.73. The Morgan fingerprint density at radius 2 is 2.17 bits per heavy atom. The molecule has 0 aromatic rings. The van der Waals surface area contributed by atoms with Crippen LogP contribution in [-0.4, -0.2) is 5.78 Å². The molecule has 1 aliphatic carbocycles. The molecule has 0 fully saturated rings. The summed E-state index contributed by atoms with van der Waals surface area (Å²) in [6.07, 6.45) is 2.91. The summed E-state index contributed by atoms with van der Waals surface area (Å²) in [7, 11) is 0. The van der Waals surface area contributed by atoms with Gasteiger partial charge in [0.1, 0.15) is 0 Å². The highest BCUT2D eigenvalue weighted by molar-refractivity contribution is 6.08. The third-order valence-corrected chi connectivity index (χ3v) is 2.24. The smallest absolute Gasteiger partial charge is 0.184 e. The van der Waals surface area contributed by atoms with Crippen LogP contribution in [-0.2, 0) is 4.79 Å². The highest BCUT2D eigenvalue weighted by Crippen LogP contribution is 2.27. The van der Waals surface area contributed by atoms with Gasteiger partial charge in [0.25, 0.3) is 0 Å². The fourth-order valence-corrected chi connectivity index (χ4v) is 1.58. The molecule has 0 heterocycles. The van der Waals surface area contributed by atoms with Crippen molar-refractivity contribution >= 4 is 5.78 Å². The van der Waals surface area contributed by atoms with Crippen LogP contribution in [0.15, 0.2) is 23.8 Å². The molecule has 0 aromatic heterocycles. The zero-order chi connectivity index (χ0) is 9.30. The van der Waals surface area contributed by atoms with Crippen LogP contribution in [0.2, 0.25) is 0 Å². The molecule has 0 bridgehead atoms. The third kappa shape index (κ3) is 1.66. The average Bonchev–Trinajstić information content (AvgIpc) is 1.96. The molecular formula is C11H16O. The van der Waals surface area contributed by atoms with Crippen LogP contribution in [0.5, 0.6) is 0 Å². The van der Waals surface area contributed by atoms with E-state index in [0.29, 0.717) is 11.8 Å². The molecule has 12 heavy (non-hydrogen) atoms. The van der Waals surface area contributed by atoms with Crippen LogP contribution in [0, 0.1) is 11.8 Å². The number of hydrogen-bond donors (Lipinski definition) is 0. The normalized spacial score (nSPS) is 24.7. The maximum absolute atomic E-state index is 11.5. The molecule has 0 radical (unpaired) electrons. The molecule has 1 heteroatoms. The number of Topliss-reactive ketones (excluding diaryl/α,β-unsaturated/α-hetero) is 1. The summed E-state index contributed by atoms with van der Waals surface area (Å²) in [6, 6.07) is 0. The lowest BCUT2D eigenvalue weighted by molar-refractivity contribution is -0.113. The van der Waals surface area contributed by atoms with Gasteiger partial charge in [0, 0.05) is 0 Å². The minimum absolute atomic E-state index is 0.170. The Labute approximate surface area is 74.2 Å². The van der Waals surface area contributed by atoms with Crippen molar-refractivity contribution < 1.29 is 4.79 Å². The largest absolute Gasteiger partial charge is 0.289 e. The highest BCUT2D eigenvalue weighted by atomic mass is 16.1. The lowest BCUT2D eigenvalue weighted by Crippen LogP contribution is -2.18. The van der Waals surface area contributed by atoms with E-state index in [4.69, 9.17) is 0 Å². The first kappa shape index (κ1) is 9.24. The van der Waals surface area contributed by atoms with Crippen LogP contribution >= 0.6 is 0 Å². The average molecular weight is 164 g/mol. The summed E-state index contributed by atoms with van der Waals surface area (Å²) >= 11 is 0. The van der Waals surface area contributed by atoms with Gasteiger partial charge in [0.05, 0.1) is 0 Å². The van der Waals surface area contributed by atoms with Crippen LogP contribution in [0.25, 0.3) is 0 Å². The molecule has 0 amide bonds. The number of carbonyl (C=O) groups excluding carboxylic acids is 1. The van der Waals surface area contributed by atoms with Crippen molar-refractivity contribution in [3.8, 4) is 0 Å². The van der Waals surface area contributed by atoms with Crippen molar-refractivity contribution in [1.82, 2.24) is 0 Å². The quantitative estimate of drug-likeness (QED) is 0.544. The second-order valence-electron chi connectivity index (χ2n) is 3.89. The zero-order valence-corrected chi connectivity index (χ0v) is 8.05. The van der Waals surface area contributed by atoms with E-state index in [1.54, 1.807) is 0 Å². The molecule has 66 valence electrons. The second kappa shape index (κ2) is 3.26. The molecule has 0 saturated heterocycles. The van der Waals surface area contributed by atoms with Gasteiger partial charge >= 0.3 is 0 Å². The first-order chi connectivity index (χ1) is 5.52. The second-order valence-corrected chi connectivity index (χ2v) is 3.89. The summed E-state index contributed by atoms with van der Waals surface area (Å²) < 4.78 is 0. The van der Waals surface area contributed by atoms with Gasteiger partial charge < -0.3 is 0 Å². The SMILES string of the molecule is C=C1CC(C)C=C(C(C)C)C1=O. The first-order valence-corrected chi connectivity index (χ1v) is 4.46. The standard InChI is InChI=1S/C11H16O/c1-7(2)10-6-8(3)5-9(4)11(10)12/h6-8H,4-5H2,1-3H3. The molecule has 1 atom stereocenters. The van der Waals surface area contributed by atoms with E-state index < -0.39 is 0 Å². The van der Waals surface area contributed by atoms with Crippen molar-refractivity contribution in [2.24, 2.45) is 11.8 Å². The minimum Gasteiger partial charge on any atom is -0.289 e. The van der Waals surface area contributed by atoms with E-state index in [1.165, 1.54) is 0 Å². The monoisotopic (exact) mass is 164 g/mol. The lowest BCUT2D eigenvalue weighted by atomic mass is 9.83. The van der Waals surface area contributed by atoms with Crippen LogP contribution in [0.3, 0.4) is 0 Å². The third-order valence-electron chi connectivity index (χ3n) is 2.24. The lowest BCUT2D eigenvalue weighted by Gasteiger charge is -2.20. The Hall–Kier alpha value is -0.850. The minimum atomic E-state index is 0.170. The van der Waals surface area contributed by atoms with Crippen molar-refractivity contribution in [2.45, 2.75) is 27.2 Å². The van der Waals surface area contributed by atoms with E-state index >= 15 is 0 Å². The molecule has 1 nitrogen and oxygen atoms in total. The van der Waals surface area contributed by atoms with Gasteiger partial charge in [-0.3, -0.25) is 4.79 Å². The summed E-state index contributed by atoms with van der Waals surface area (Å²) in [6.45, 7) is 10.0. The molecular weight excluding hydrogens is 148 g/mol. The van der Waals surface area contributed by atoms with Crippen LogP contribution in [0.1, 0.15) is 27.2 Å². The number of carbonyl (C=O) groups is 1. The van der Waals surface area contributed by atoms with E-state index in [9.17, 15) is 4.79 Å². The van der Waals surface area contributed by atoms with E-state index in [0.717, 1.165) is 17.6 Å². The summed E-state index contributed by atoms with van der Waals surface area (Å²) in [5, 5.41) is 0. The summed E-state index contributed by atoms with van der Waals surface area (Å²) in [4.78, 5) is 11.5. The number of ketones is 1. The maximum atomic E-state index is 11.5. The molecule has 0 N–H and O–H groups in total. The molecule has 0 spiro atoms. The molecule has 1 unspecified atom stereocenters. The molecule has 0 aliphatic heterocycles. The van der Waals surface area contributed by atoms with E-state index in [2.05, 4.69) is 33.4 Å². The maximum Gasteiger partial charge on any atom is 0.184 e. The highest BCUT2D eigenvalue weighted by Gasteiger charge is 2.22. The van der Waals surface area contributed by atoms with E-state index in [1.807, 2.05) is 0 Å². The van der Waals surface area contributed by atoms with Gasteiger partial charge in [-0.1, -0.05) is 33.4 Å². The van der Waals surface area contributed by atoms with Crippen LogP contribution < -0.4 is 0 Å². The molecule has 1 aliphatic rings. The van der Waals surface area contributed by atoms with E-state index in [-0.39, 0.29) is 5.78 Å². The van der Waals surface area contributed by atoms with Gasteiger partial charge in [0.15, 0.2) is 5.78 Å². The predicted molar refractivity (Wildman–Crippen MR) is 50.8 cm³/mol. The van der Waals surface area contributed by atoms with Gasteiger partial charge in [0.2, 0.25) is 0 Å². The Bertz CT molecular complexity index is 246.